The summed E-state index contributed by atoms with van der Waals surface area (Å²) in [4.78, 5) is 36.8. The van der Waals surface area contributed by atoms with E-state index in [0.29, 0.717) is 36.9 Å². The maximum Gasteiger partial charge on any atom is 0.228 e. The first-order valence-electron chi connectivity index (χ1n) is 16.9. The first-order valence-corrected chi connectivity index (χ1v) is 16.9. The molecule has 8 rings (SSSR count). The maximum atomic E-state index is 12.8. The second kappa shape index (κ2) is 11.8. The first-order chi connectivity index (χ1) is 22.0. The summed E-state index contributed by atoms with van der Waals surface area (Å²) in [5.41, 5.74) is 1.81. The number of guanidine groups is 1. The van der Waals surface area contributed by atoms with Crippen LogP contribution in [0.5, 0.6) is 0 Å². The molecule has 1 aromatic heterocycles. The van der Waals surface area contributed by atoms with Gasteiger partial charge in [0.2, 0.25) is 11.9 Å². The quantitative estimate of drug-likeness (QED) is 0.326. The van der Waals surface area contributed by atoms with Crippen molar-refractivity contribution in [3.05, 3.63) is 55.2 Å². The number of pyridine rings is 1. The van der Waals surface area contributed by atoms with Gasteiger partial charge in [0.15, 0.2) is 0 Å². The van der Waals surface area contributed by atoms with Gasteiger partial charge in [-0.05, 0) is 89.9 Å². The Labute approximate surface area is 274 Å². The number of amidine groups is 1. The van der Waals surface area contributed by atoms with E-state index in [1.807, 2.05) is 23.1 Å². The molecule has 7 heterocycles. The number of amides is 1. The highest BCUT2D eigenvalue weighted by molar-refractivity contribution is 6.09. The second-order valence-electron chi connectivity index (χ2n) is 14.7. The monoisotopic (exact) mass is 626 g/mol. The minimum atomic E-state index is -0.287. The number of fused-ring (bicyclic) bond motifs is 3. The van der Waals surface area contributed by atoms with Crippen LogP contribution in [0.1, 0.15) is 67.6 Å². The van der Waals surface area contributed by atoms with Gasteiger partial charge in [-0.25, -0.2) is 9.98 Å². The Morgan fingerprint density at radius 1 is 1.09 bits per heavy atom. The Morgan fingerprint density at radius 3 is 2.46 bits per heavy atom. The van der Waals surface area contributed by atoms with Crippen molar-refractivity contribution in [2.24, 2.45) is 15.4 Å². The number of aromatic nitrogens is 1. The van der Waals surface area contributed by atoms with E-state index in [9.17, 15) is 4.79 Å². The van der Waals surface area contributed by atoms with Gasteiger partial charge in [0.25, 0.3) is 0 Å². The molecule has 6 aliphatic rings. The average Bonchev–Trinajstić information content (AvgIpc) is 3.39. The lowest BCUT2D eigenvalue weighted by Crippen LogP contribution is -2.67. The van der Waals surface area contributed by atoms with Crippen LogP contribution >= 0.6 is 0 Å². The van der Waals surface area contributed by atoms with Gasteiger partial charge in [-0.1, -0.05) is 19.6 Å². The minimum absolute atomic E-state index is 0. The van der Waals surface area contributed by atoms with Gasteiger partial charge in [0, 0.05) is 74.5 Å². The number of piperidine rings is 2. The minimum Gasteiger partial charge on any atom is -0.375 e. The van der Waals surface area contributed by atoms with Crippen molar-refractivity contribution in [3.8, 4) is 0 Å². The molecule has 1 N–H and O–H groups in total. The van der Waals surface area contributed by atoms with Crippen molar-refractivity contribution in [3.63, 3.8) is 0 Å². The van der Waals surface area contributed by atoms with Crippen molar-refractivity contribution in [1.82, 2.24) is 9.88 Å². The van der Waals surface area contributed by atoms with Gasteiger partial charge in [0.05, 0.1) is 12.2 Å². The molecule has 246 valence electrons. The Morgan fingerprint density at radius 2 is 1.80 bits per heavy atom. The number of hydrogen-bond donors (Lipinski definition) is 1. The molecule has 2 bridgehead atoms. The molecule has 1 aromatic carbocycles. The molecule has 6 saturated heterocycles. The number of carbonyl (C=O) groups excluding carboxylic acids is 1. The van der Waals surface area contributed by atoms with Crippen molar-refractivity contribution in [2.45, 2.75) is 96.0 Å². The highest BCUT2D eigenvalue weighted by atomic mass is 16.5. The van der Waals surface area contributed by atoms with Crippen LogP contribution in [0.3, 0.4) is 0 Å². The first kappa shape index (κ1) is 30.9. The highest BCUT2D eigenvalue weighted by Crippen LogP contribution is 2.47. The largest absolute Gasteiger partial charge is 0.375 e. The van der Waals surface area contributed by atoms with E-state index in [1.54, 1.807) is 0 Å². The number of aliphatic imine (C=N–C) groups is 2. The van der Waals surface area contributed by atoms with E-state index in [0.717, 1.165) is 56.1 Å². The van der Waals surface area contributed by atoms with E-state index < -0.39 is 0 Å². The average molecular weight is 627 g/mol. The maximum absolute atomic E-state index is 12.8. The predicted molar refractivity (Wildman–Crippen MR) is 188 cm³/mol. The number of piperazine rings is 1. The molecular weight excluding hydrogens is 576 g/mol. The molecule has 6 fully saturated rings. The summed E-state index contributed by atoms with van der Waals surface area (Å²) in [6, 6.07) is 16.1. The molecular formula is C36H50N8O2. The van der Waals surface area contributed by atoms with E-state index in [1.165, 1.54) is 18.3 Å². The summed E-state index contributed by atoms with van der Waals surface area (Å²) < 4.78 is 6.36. The SMILES string of the molecule is C=CN=C(/N=C1\CC[C@@]2(C)COC(C)(C)C[C@H]2N1c1cccc(N2C(=O)CC[C@@H]2C)n1)Nc1ccc(N2C[C@H]3C[C@@H](C2)N3C)cc1.[HH]. The number of carbonyl (C=O) groups is 1. The zero-order valence-corrected chi connectivity index (χ0v) is 27.9. The van der Waals surface area contributed by atoms with Crippen molar-refractivity contribution in [1.29, 1.82) is 0 Å². The van der Waals surface area contributed by atoms with Gasteiger partial charge < -0.3 is 19.9 Å². The summed E-state index contributed by atoms with van der Waals surface area (Å²) in [7, 11) is 2.24. The third-order valence-corrected chi connectivity index (χ3v) is 11.0. The molecule has 1 amide bonds. The lowest BCUT2D eigenvalue weighted by molar-refractivity contribution is -0.121. The van der Waals surface area contributed by atoms with Crippen molar-refractivity contribution >= 4 is 40.7 Å². The number of hydrogen-bond acceptors (Lipinski definition) is 6. The summed E-state index contributed by atoms with van der Waals surface area (Å²) in [5.74, 6) is 3.00. The Hall–Kier alpha value is -3.76. The fourth-order valence-corrected chi connectivity index (χ4v) is 8.02. The third kappa shape index (κ3) is 5.70. The molecule has 0 spiro atoms. The van der Waals surface area contributed by atoms with Crippen LogP contribution in [0.2, 0.25) is 0 Å². The van der Waals surface area contributed by atoms with E-state index >= 15 is 0 Å². The Balaban J connectivity index is 0.00000386. The molecule has 10 nitrogen and oxygen atoms in total. The van der Waals surface area contributed by atoms with Crippen molar-refractivity contribution < 1.29 is 11.0 Å². The number of anilines is 4. The molecule has 2 aromatic rings. The topological polar surface area (TPSA) is 88.9 Å². The molecule has 0 unspecified atom stereocenters. The molecule has 46 heavy (non-hydrogen) atoms. The van der Waals surface area contributed by atoms with Gasteiger partial charge in [-0.3, -0.25) is 14.6 Å². The number of rotatable bonds is 5. The van der Waals surface area contributed by atoms with Gasteiger partial charge in [-0.15, -0.1) is 0 Å². The van der Waals surface area contributed by atoms with Gasteiger partial charge >= 0.3 is 0 Å². The van der Waals surface area contributed by atoms with E-state index in [2.05, 4.69) is 90.6 Å². The number of ether oxygens (including phenoxy) is 1. The number of nitrogens with one attached hydrogen (secondary N) is 1. The Kier molecular flexibility index (Phi) is 7.92. The van der Waals surface area contributed by atoms with Crippen LogP contribution in [0.15, 0.2) is 65.2 Å². The number of nitrogens with zero attached hydrogens (tertiary/aromatic N) is 7. The van der Waals surface area contributed by atoms with Gasteiger partial charge in [-0.2, -0.15) is 4.99 Å². The molecule has 0 radical (unpaired) electrons. The molecule has 5 atom stereocenters. The summed E-state index contributed by atoms with van der Waals surface area (Å²) in [5, 5.41) is 3.46. The lowest BCUT2D eigenvalue weighted by atomic mass is 9.69. The van der Waals surface area contributed by atoms with Crippen LogP contribution in [0.4, 0.5) is 23.0 Å². The van der Waals surface area contributed by atoms with Crippen LogP contribution in [0, 0.1) is 5.41 Å². The van der Waals surface area contributed by atoms with Gasteiger partial charge in [0.1, 0.15) is 17.5 Å². The van der Waals surface area contributed by atoms with Crippen molar-refractivity contribution in [2.75, 3.05) is 46.8 Å². The molecule has 0 aliphatic carbocycles. The van der Waals surface area contributed by atoms with E-state index in [4.69, 9.17) is 14.7 Å². The summed E-state index contributed by atoms with van der Waals surface area (Å²) in [6.45, 7) is 15.4. The van der Waals surface area contributed by atoms with Crippen LogP contribution < -0.4 is 20.0 Å². The molecule has 0 saturated carbocycles. The highest BCUT2D eigenvalue weighted by Gasteiger charge is 2.51. The van der Waals surface area contributed by atoms with Crippen LogP contribution in [-0.2, 0) is 9.53 Å². The second-order valence-corrected chi connectivity index (χ2v) is 14.7. The smallest absolute Gasteiger partial charge is 0.228 e. The predicted octanol–water partition coefficient (Wildman–Crippen LogP) is 5.92. The fourth-order valence-electron chi connectivity index (χ4n) is 8.02. The number of likely N-dealkylation sites (N-methyl/N-ethyl adjacent to an activating group) is 1. The van der Waals surface area contributed by atoms with Crippen LogP contribution in [-0.4, -0.2) is 84.1 Å². The standard InChI is InChI=1S/C36H48N8O2.H2/c1-7-37-34(38-25-12-14-26(15-13-25)42-21-27-19-28(22-42)41(27)6)40-32-17-18-36(5)23-46-35(3,4)20-29(36)44(32)31-10-8-9-30(39-31)43-24(2)11-16-33(43)45;/h7-10,12-15,24,27-29H,1,11,16-23H2,2-6H3,(H,37,38);1H/b40-32+;/t24-,27-,28+,29+,36-;/m0./s1. The lowest BCUT2D eigenvalue weighted by Gasteiger charge is -2.55. The summed E-state index contributed by atoms with van der Waals surface area (Å²) >= 11 is 0. The third-order valence-electron chi connectivity index (χ3n) is 11.0. The normalized spacial score (nSPS) is 31.9. The Bertz CT molecular complexity index is 1550. The van der Waals surface area contributed by atoms with Crippen LogP contribution in [0.25, 0.3) is 0 Å². The fraction of sp³-hybridized carbons (Fsp3) is 0.556. The zero-order chi connectivity index (χ0) is 32.2. The molecule has 10 heteroatoms. The zero-order valence-electron chi connectivity index (χ0n) is 27.9. The molecule has 6 aliphatic heterocycles. The van der Waals surface area contributed by atoms with E-state index in [-0.39, 0.29) is 30.4 Å². The summed E-state index contributed by atoms with van der Waals surface area (Å²) in [6.07, 6.45) is 6.75. The number of benzene rings is 1.